The zero-order valence-corrected chi connectivity index (χ0v) is 12.3. The van der Waals surface area contributed by atoms with Crippen LogP contribution in [0.25, 0.3) is 10.9 Å². The van der Waals surface area contributed by atoms with Gasteiger partial charge in [-0.25, -0.2) is 0 Å². The zero-order chi connectivity index (χ0) is 14.8. The van der Waals surface area contributed by atoms with Crippen molar-refractivity contribution in [1.82, 2.24) is 4.57 Å². The van der Waals surface area contributed by atoms with Crippen LogP contribution in [0.15, 0.2) is 48.7 Å². The van der Waals surface area contributed by atoms with E-state index in [2.05, 4.69) is 17.7 Å². The normalized spacial score (nSPS) is 11.0. The number of fused-ring (bicyclic) bond motifs is 1. The van der Waals surface area contributed by atoms with Crippen molar-refractivity contribution in [2.75, 3.05) is 0 Å². The van der Waals surface area contributed by atoms with Gasteiger partial charge in [-0.2, -0.15) is 0 Å². The Morgan fingerprint density at radius 2 is 1.90 bits per heavy atom. The number of phenols is 1. The Labute approximate surface area is 124 Å². The van der Waals surface area contributed by atoms with Gasteiger partial charge in [0, 0.05) is 23.7 Å². The number of nitrogens with zero attached hydrogens (tertiary/aromatic N) is 1. The molecule has 0 fully saturated rings. The number of hydrogen-bond donors (Lipinski definition) is 1. The lowest BCUT2D eigenvalue weighted by molar-refractivity contribution is 0.305. The van der Waals surface area contributed by atoms with Crippen molar-refractivity contribution in [2.24, 2.45) is 0 Å². The predicted molar refractivity (Wildman–Crippen MR) is 84.8 cm³/mol. The SMILES string of the molecule is CCn1cc(COc2ccccc2C)c2c(O)cccc21. The summed E-state index contributed by atoms with van der Waals surface area (Å²) in [5.74, 6) is 1.19. The minimum absolute atomic E-state index is 0.308. The molecule has 0 saturated carbocycles. The van der Waals surface area contributed by atoms with Gasteiger partial charge in [0.05, 0.1) is 5.52 Å². The van der Waals surface area contributed by atoms with Crippen LogP contribution < -0.4 is 4.74 Å². The van der Waals surface area contributed by atoms with Crippen LogP contribution in [0.2, 0.25) is 0 Å². The van der Waals surface area contributed by atoms with Gasteiger partial charge < -0.3 is 14.4 Å². The Kier molecular flexibility index (Phi) is 3.57. The van der Waals surface area contributed by atoms with E-state index < -0.39 is 0 Å². The van der Waals surface area contributed by atoms with Crippen LogP contribution in [0.4, 0.5) is 0 Å². The van der Waals surface area contributed by atoms with Gasteiger partial charge in [0.1, 0.15) is 18.1 Å². The Morgan fingerprint density at radius 1 is 1.10 bits per heavy atom. The van der Waals surface area contributed by atoms with Crippen LogP contribution in [-0.2, 0) is 13.2 Å². The van der Waals surface area contributed by atoms with Crippen LogP contribution in [-0.4, -0.2) is 9.67 Å². The van der Waals surface area contributed by atoms with E-state index in [-0.39, 0.29) is 0 Å². The number of ether oxygens (including phenoxy) is 1. The van der Waals surface area contributed by atoms with Crippen molar-refractivity contribution in [2.45, 2.75) is 27.0 Å². The number of phenolic OH excluding ortho intramolecular Hbond substituents is 1. The molecule has 0 bridgehead atoms. The van der Waals surface area contributed by atoms with Gasteiger partial charge in [0.2, 0.25) is 0 Å². The van der Waals surface area contributed by atoms with Gasteiger partial charge in [0.15, 0.2) is 0 Å². The third-order valence-electron chi connectivity index (χ3n) is 3.78. The first-order valence-corrected chi connectivity index (χ1v) is 7.19. The van der Waals surface area contributed by atoms with E-state index >= 15 is 0 Å². The first-order chi connectivity index (χ1) is 10.2. The van der Waals surface area contributed by atoms with Crippen molar-refractivity contribution in [3.63, 3.8) is 0 Å². The highest BCUT2D eigenvalue weighted by atomic mass is 16.5. The minimum Gasteiger partial charge on any atom is -0.507 e. The maximum absolute atomic E-state index is 10.1. The molecule has 3 aromatic rings. The Morgan fingerprint density at radius 3 is 2.67 bits per heavy atom. The van der Waals surface area contributed by atoms with E-state index in [0.717, 1.165) is 34.3 Å². The fourth-order valence-electron chi connectivity index (χ4n) is 2.66. The zero-order valence-electron chi connectivity index (χ0n) is 12.3. The molecule has 0 aliphatic carbocycles. The number of aromatic nitrogens is 1. The first kappa shape index (κ1) is 13.6. The molecule has 0 aliphatic rings. The second kappa shape index (κ2) is 5.52. The van der Waals surface area contributed by atoms with E-state index in [1.54, 1.807) is 6.07 Å². The van der Waals surface area contributed by atoms with Crippen LogP contribution in [0.5, 0.6) is 11.5 Å². The summed E-state index contributed by atoms with van der Waals surface area (Å²) in [6, 6.07) is 13.6. The molecule has 0 unspecified atom stereocenters. The van der Waals surface area contributed by atoms with E-state index in [1.807, 2.05) is 43.3 Å². The van der Waals surface area contributed by atoms with Crippen molar-refractivity contribution < 1.29 is 9.84 Å². The molecule has 3 heteroatoms. The first-order valence-electron chi connectivity index (χ1n) is 7.19. The molecular formula is C18H19NO2. The smallest absolute Gasteiger partial charge is 0.125 e. The summed E-state index contributed by atoms with van der Waals surface area (Å²) in [4.78, 5) is 0. The number of rotatable bonds is 4. The number of benzene rings is 2. The van der Waals surface area contributed by atoms with Gasteiger partial charge in [0.25, 0.3) is 0 Å². The molecule has 108 valence electrons. The summed E-state index contributed by atoms with van der Waals surface area (Å²) in [5.41, 5.74) is 3.16. The van der Waals surface area contributed by atoms with Gasteiger partial charge in [-0.05, 0) is 37.6 Å². The summed E-state index contributed by atoms with van der Waals surface area (Å²) in [6.45, 7) is 5.44. The van der Waals surface area contributed by atoms with Crippen LogP contribution >= 0.6 is 0 Å². The maximum atomic E-state index is 10.1. The maximum Gasteiger partial charge on any atom is 0.125 e. The van der Waals surface area contributed by atoms with Gasteiger partial charge >= 0.3 is 0 Å². The van der Waals surface area contributed by atoms with Crippen LogP contribution in [0.3, 0.4) is 0 Å². The molecule has 1 heterocycles. The van der Waals surface area contributed by atoms with Crippen LogP contribution in [0, 0.1) is 6.92 Å². The molecule has 21 heavy (non-hydrogen) atoms. The van der Waals surface area contributed by atoms with Crippen molar-refractivity contribution in [1.29, 1.82) is 0 Å². The van der Waals surface area contributed by atoms with Gasteiger partial charge in [-0.1, -0.05) is 24.3 Å². The Hall–Kier alpha value is -2.42. The van der Waals surface area contributed by atoms with Crippen LogP contribution in [0.1, 0.15) is 18.1 Å². The molecule has 0 amide bonds. The molecule has 1 aromatic heterocycles. The molecule has 0 saturated heterocycles. The summed E-state index contributed by atoms with van der Waals surface area (Å²) < 4.78 is 8.05. The van der Waals surface area contributed by atoms with E-state index in [9.17, 15) is 5.11 Å². The highest BCUT2D eigenvalue weighted by Crippen LogP contribution is 2.31. The van der Waals surface area contributed by atoms with Crippen molar-refractivity contribution in [3.05, 3.63) is 59.8 Å². The quantitative estimate of drug-likeness (QED) is 0.775. The summed E-state index contributed by atoms with van der Waals surface area (Å²) in [5, 5.41) is 11.0. The topological polar surface area (TPSA) is 34.4 Å². The van der Waals surface area contributed by atoms with Gasteiger partial charge in [-0.15, -0.1) is 0 Å². The molecule has 0 spiro atoms. The third-order valence-corrected chi connectivity index (χ3v) is 3.78. The number of aromatic hydroxyl groups is 1. The predicted octanol–water partition coefficient (Wildman–Crippen LogP) is 4.25. The van der Waals surface area contributed by atoms with Crippen molar-refractivity contribution >= 4 is 10.9 Å². The second-order valence-electron chi connectivity index (χ2n) is 5.17. The monoisotopic (exact) mass is 281 g/mol. The fourth-order valence-corrected chi connectivity index (χ4v) is 2.66. The average molecular weight is 281 g/mol. The fraction of sp³-hybridized carbons (Fsp3) is 0.222. The second-order valence-corrected chi connectivity index (χ2v) is 5.17. The standard InChI is InChI=1S/C18H19NO2/c1-3-19-11-14(18-15(19)8-6-9-16(18)20)12-21-17-10-5-4-7-13(17)2/h4-11,20H,3,12H2,1-2H3. The van der Waals surface area contributed by atoms with E-state index in [0.29, 0.717) is 12.4 Å². The molecule has 3 rings (SSSR count). The molecular weight excluding hydrogens is 262 g/mol. The summed E-state index contributed by atoms with van der Waals surface area (Å²) in [6.07, 6.45) is 2.06. The summed E-state index contributed by atoms with van der Waals surface area (Å²) in [7, 11) is 0. The average Bonchev–Trinajstić information content (AvgIpc) is 2.86. The lowest BCUT2D eigenvalue weighted by Crippen LogP contribution is -1.96. The molecule has 3 nitrogen and oxygen atoms in total. The third kappa shape index (κ3) is 2.47. The lowest BCUT2D eigenvalue weighted by atomic mass is 10.1. The highest BCUT2D eigenvalue weighted by molar-refractivity contribution is 5.89. The van der Waals surface area contributed by atoms with E-state index in [1.165, 1.54) is 0 Å². The lowest BCUT2D eigenvalue weighted by Gasteiger charge is -2.08. The Bertz CT molecular complexity index is 774. The number of aryl methyl sites for hydroxylation is 2. The molecule has 0 aliphatic heterocycles. The number of hydrogen-bond acceptors (Lipinski definition) is 2. The van der Waals surface area contributed by atoms with Gasteiger partial charge in [-0.3, -0.25) is 0 Å². The minimum atomic E-state index is 0.308. The molecule has 2 aromatic carbocycles. The van der Waals surface area contributed by atoms with E-state index in [4.69, 9.17) is 4.74 Å². The molecule has 0 atom stereocenters. The summed E-state index contributed by atoms with van der Waals surface area (Å²) >= 11 is 0. The molecule has 0 radical (unpaired) electrons. The molecule has 1 N–H and O–H groups in total. The Balaban J connectivity index is 1.96. The highest BCUT2D eigenvalue weighted by Gasteiger charge is 2.12. The van der Waals surface area contributed by atoms with Crippen molar-refractivity contribution in [3.8, 4) is 11.5 Å². The number of para-hydroxylation sites is 1. The largest absolute Gasteiger partial charge is 0.507 e.